The summed E-state index contributed by atoms with van der Waals surface area (Å²) in [6, 6.07) is 5.45. The predicted molar refractivity (Wildman–Crippen MR) is 80.1 cm³/mol. The van der Waals surface area contributed by atoms with Crippen LogP contribution in [-0.4, -0.2) is 15.7 Å². The van der Waals surface area contributed by atoms with Crippen molar-refractivity contribution in [1.29, 1.82) is 5.41 Å². The van der Waals surface area contributed by atoms with Gasteiger partial charge in [-0.05, 0) is 24.6 Å². The van der Waals surface area contributed by atoms with Crippen LogP contribution in [-0.2, 0) is 0 Å². The second-order valence-electron chi connectivity index (χ2n) is 4.42. The number of hydrogen-bond acceptors (Lipinski definition) is 4. The topological polar surface area (TPSA) is 62.8 Å². The number of nitrogens with one attached hydrogen (secondary N) is 1. The van der Waals surface area contributed by atoms with E-state index in [1.54, 1.807) is 24.5 Å². The lowest BCUT2D eigenvalue weighted by atomic mass is 10.1. The van der Waals surface area contributed by atoms with Gasteiger partial charge in [-0.15, -0.1) is 0 Å². The van der Waals surface area contributed by atoms with Crippen molar-refractivity contribution in [2.24, 2.45) is 0 Å². The third-order valence-electron chi connectivity index (χ3n) is 3.06. The first kappa shape index (κ1) is 12.3. The van der Waals surface area contributed by atoms with Gasteiger partial charge in [0.25, 0.3) is 0 Å². The summed E-state index contributed by atoms with van der Waals surface area (Å²) >= 11 is 0. The fraction of sp³-hybridized carbons (Fsp3) is 0.0625. The van der Waals surface area contributed by atoms with E-state index in [-0.39, 0.29) is 0 Å². The van der Waals surface area contributed by atoms with E-state index in [1.807, 2.05) is 25.1 Å². The van der Waals surface area contributed by atoms with Gasteiger partial charge in [0.1, 0.15) is 11.1 Å². The van der Waals surface area contributed by atoms with Gasteiger partial charge in [-0.3, -0.25) is 15.4 Å². The molecule has 20 heavy (non-hydrogen) atoms. The molecule has 0 fully saturated rings. The SMILES string of the molecule is C=C(/C=C\C)C(=N)c1cc2oc3cccnc3c2cn1. The van der Waals surface area contributed by atoms with Gasteiger partial charge in [-0.1, -0.05) is 18.7 Å². The van der Waals surface area contributed by atoms with Crippen LogP contribution in [0.2, 0.25) is 0 Å². The van der Waals surface area contributed by atoms with Crippen LogP contribution in [0.4, 0.5) is 0 Å². The minimum absolute atomic E-state index is 0.290. The minimum atomic E-state index is 0.290. The Morgan fingerprint density at radius 2 is 2.20 bits per heavy atom. The molecule has 3 aromatic rings. The molecule has 0 aromatic carbocycles. The van der Waals surface area contributed by atoms with E-state index >= 15 is 0 Å². The molecule has 0 atom stereocenters. The van der Waals surface area contributed by atoms with E-state index in [1.165, 1.54) is 0 Å². The molecule has 0 saturated carbocycles. The molecule has 3 rings (SSSR count). The first-order valence-corrected chi connectivity index (χ1v) is 6.25. The third-order valence-corrected chi connectivity index (χ3v) is 3.06. The monoisotopic (exact) mass is 263 g/mol. The second kappa shape index (κ2) is 4.74. The van der Waals surface area contributed by atoms with Gasteiger partial charge in [0.2, 0.25) is 0 Å². The van der Waals surface area contributed by atoms with Crippen LogP contribution in [0.25, 0.3) is 22.1 Å². The van der Waals surface area contributed by atoms with Crippen molar-refractivity contribution in [3.63, 3.8) is 0 Å². The van der Waals surface area contributed by atoms with Crippen LogP contribution in [0.3, 0.4) is 0 Å². The summed E-state index contributed by atoms with van der Waals surface area (Å²) < 4.78 is 5.74. The predicted octanol–water partition coefficient (Wildman–Crippen LogP) is 3.88. The zero-order chi connectivity index (χ0) is 14.1. The summed E-state index contributed by atoms with van der Waals surface area (Å²) in [6.07, 6.45) is 7.05. The highest BCUT2D eigenvalue weighted by Gasteiger charge is 2.11. The molecule has 3 aromatic heterocycles. The number of allylic oxidation sites excluding steroid dienone is 3. The van der Waals surface area contributed by atoms with Crippen molar-refractivity contribution in [2.45, 2.75) is 6.92 Å². The molecule has 4 heteroatoms. The van der Waals surface area contributed by atoms with Gasteiger partial charge in [-0.2, -0.15) is 0 Å². The molecule has 0 radical (unpaired) electrons. The highest BCUT2D eigenvalue weighted by molar-refractivity contribution is 6.12. The summed E-state index contributed by atoms with van der Waals surface area (Å²) in [7, 11) is 0. The van der Waals surface area contributed by atoms with E-state index in [9.17, 15) is 0 Å². The largest absolute Gasteiger partial charge is 0.454 e. The normalized spacial score (nSPS) is 11.4. The van der Waals surface area contributed by atoms with Crippen LogP contribution >= 0.6 is 0 Å². The van der Waals surface area contributed by atoms with Crippen molar-refractivity contribution in [3.05, 3.63) is 60.6 Å². The lowest BCUT2D eigenvalue weighted by molar-refractivity contribution is 0.667. The molecule has 0 aliphatic heterocycles. The summed E-state index contributed by atoms with van der Waals surface area (Å²) in [5, 5.41) is 8.93. The molecule has 0 saturated heterocycles. The van der Waals surface area contributed by atoms with E-state index < -0.39 is 0 Å². The van der Waals surface area contributed by atoms with E-state index in [4.69, 9.17) is 9.83 Å². The van der Waals surface area contributed by atoms with Crippen LogP contribution in [0.15, 0.2) is 59.3 Å². The van der Waals surface area contributed by atoms with Gasteiger partial charge < -0.3 is 4.42 Å². The smallest absolute Gasteiger partial charge is 0.153 e. The molecule has 0 aliphatic carbocycles. The Balaban J connectivity index is 2.14. The molecule has 0 amide bonds. The van der Waals surface area contributed by atoms with Crippen LogP contribution in [0.1, 0.15) is 12.6 Å². The number of pyridine rings is 2. The summed E-state index contributed by atoms with van der Waals surface area (Å²) in [5.41, 5.74) is 3.65. The third kappa shape index (κ3) is 1.91. The average Bonchev–Trinajstić information content (AvgIpc) is 2.84. The molecule has 0 unspecified atom stereocenters. The van der Waals surface area contributed by atoms with Crippen molar-refractivity contribution < 1.29 is 4.42 Å². The maximum absolute atomic E-state index is 8.08. The number of aromatic nitrogens is 2. The molecule has 0 bridgehead atoms. The van der Waals surface area contributed by atoms with Crippen LogP contribution in [0.5, 0.6) is 0 Å². The second-order valence-corrected chi connectivity index (χ2v) is 4.42. The Kier molecular flexibility index (Phi) is 2.91. The number of hydrogen-bond donors (Lipinski definition) is 1. The Morgan fingerprint density at radius 3 is 3.00 bits per heavy atom. The van der Waals surface area contributed by atoms with Gasteiger partial charge in [0.05, 0.1) is 16.8 Å². The minimum Gasteiger partial charge on any atom is -0.454 e. The lowest BCUT2D eigenvalue weighted by Crippen LogP contribution is -2.02. The quantitative estimate of drug-likeness (QED) is 0.576. The summed E-state index contributed by atoms with van der Waals surface area (Å²) in [4.78, 5) is 8.61. The van der Waals surface area contributed by atoms with E-state index in [2.05, 4.69) is 16.5 Å². The molecular weight excluding hydrogens is 250 g/mol. The first-order valence-electron chi connectivity index (χ1n) is 6.25. The number of rotatable bonds is 3. The van der Waals surface area contributed by atoms with Crippen molar-refractivity contribution in [3.8, 4) is 0 Å². The van der Waals surface area contributed by atoms with Crippen LogP contribution < -0.4 is 0 Å². The van der Waals surface area contributed by atoms with E-state index in [0.29, 0.717) is 22.6 Å². The van der Waals surface area contributed by atoms with Crippen LogP contribution in [0, 0.1) is 5.41 Å². The highest BCUT2D eigenvalue weighted by atomic mass is 16.3. The lowest BCUT2D eigenvalue weighted by Gasteiger charge is -2.02. The molecule has 0 aliphatic rings. The zero-order valence-electron chi connectivity index (χ0n) is 11.1. The molecule has 4 nitrogen and oxygen atoms in total. The summed E-state index contributed by atoms with van der Waals surface area (Å²) in [5.74, 6) is 0. The maximum Gasteiger partial charge on any atom is 0.153 e. The number of nitrogens with zero attached hydrogens (tertiary/aromatic N) is 2. The van der Waals surface area contributed by atoms with Gasteiger partial charge >= 0.3 is 0 Å². The Bertz CT molecular complexity index is 858. The van der Waals surface area contributed by atoms with Crippen molar-refractivity contribution >= 4 is 27.8 Å². The Hall–Kier alpha value is -2.75. The zero-order valence-corrected chi connectivity index (χ0v) is 11.1. The molecule has 1 N–H and O–H groups in total. The summed E-state index contributed by atoms with van der Waals surface area (Å²) in [6.45, 7) is 5.74. The Morgan fingerprint density at radius 1 is 1.35 bits per heavy atom. The highest BCUT2D eigenvalue weighted by Crippen LogP contribution is 2.26. The fourth-order valence-electron chi connectivity index (χ4n) is 2.08. The van der Waals surface area contributed by atoms with Crippen molar-refractivity contribution in [2.75, 3.05) is 0 Å². The van der Waals surface area contributed by atoms with Gasteiger partial charge in [-0.25, -0.2) is 0 Å². The average molecular weight is 263 g/mol. The molecular formula is C16H13N3O. The maximum atomic E-state index is 8.08. The Labute approximate surface area is 116 Å². The number of furan rings is 1. The van der Waals surface area contributed by atoms with Gasteiger partial charge in [0.15, 0.2) is 5.58 Å². The molecule has 98 valence electrons. The fourth-order valence-corrected chi connectivity index (χ4v) is 2.08. The first-order chi connectivity index (χ1) is 9.70. The standard InChI is InChI=1S/C16H13N3O/c1-3-5-10(2)15(17)12-8-14-11(9-19-12)16-13(20-14)6-4-7-18-16/h3-9,17H,2H2,1H3/b5-3-,17-15?. The molecule has 0 spiro atoms. The molecule has 3 heterocycles. The van der Waals surface area contributed by atoms with Gasteiger partial charge in [0, 0.05) is 18.5 Å². The van der Waals surface area contributed by atoms with E-state index in [0.717, 1.165) is 16.5 Å². The number of fused-ring (bicyclic) bond motifs is 3. The van der Waals surface area contributed by atoms with Crippen molar-refractivity contribution in [1.82, 2.24) is 9.97 Å².